The molecule has 0 aromatic heterocycles. The Morgan fingerprint density at radius 3 is 2.21 bits per heavy atom. The molecule has 0 aliphatic carbocycles. The number of aliphatic hydroxyl groups excluding tert-OH is 4. The fourth-order valence-corrected chi connectivity index (χ4v) is 3.94. The summed E-state index contributed by atoms with van der Waals surface area (Å²) in [6.45, 7) is -0.523. The van der Waals surface area contributed by atoms with Gasteiger partial charge in [0.1, 0.15) is 12.2 Å². The van der Waals surface area contributed by atoms with Crippen LogP contribution in [0.5, 0.6) is 0 Å². The zero-order valence-corrected chi connectivity index (χ0v) is 9.38. The molecule has 6 heteroatoms. The molecule has 14 heavy (non-hydrogen) atoms. The minimum absolute atomic E-state index is 0.00468. The van der Waals surface area contributed by atoms with Crippen molar-refractivity contribution in [1.82, 2.24) is 0 Å². The van der Waals surface area contributed by atoms with Crippen molar-refractivity contribution in [1.29, 1.82) is 0 Å². The maximum absolute atomic E-state index is 9.70. The fourth-order valence-electron chi connectivity index (χ4n) is 1.32. The van der Waals surface area contributed by atoms with E-state index in [1.807, 2.05) is 0 Å². The molecule has 0 bridgehead atoms. The van der Waals surface area contributed by atoms with Gasteiger partial charge in [0, 0.05) is 22.5 Å². The van der Waals surface area contributed by atoms with Crippen LogP contribution in [0.15, 0.2) is 0 Å². The molecule has 84 valence electrons. The molecule has 4 N–H and O–H groups in total. The van der Waals surface area contributed by atoms with Crippen LogP contribution in [0, 0.1) is 5.92 Å². The van der Waals surface area contributed by atoms with E-state index in [-0.39, 0.29) is 5.92 Å². The summed E-state index contributed by atoms with van der Waals surface area (Å²) in [5, 5.41) is 37.9. The van der Waals surface area contributed by atoms with Crippen LogP contribution in [0.3, 0.4) is 0 Å². The Morgan fingerprint density at radius 1 is 1.14 bits per heavy atom. The van der Waals surface area contributed by atoms with E-state index in [1.165, 1.54) is 0 Å². The van der Waals surface area contributed by atoms with Gasteiger partial charge in [-0.25, -0.2) is 0 Å². The Labute approximate surface area is 91.7 Å². The first-order chi connectivity index (χ1) is 6.66. The SMILES string of the molecule is OCC(O)C(O)C(O)C1CSCSC1. The highest BCUT2D eigenvalue weighted by Gasteiger charge is 2.32. The Bertz CT molecular complexity index is 161. The van der Waals surface area contributed by atoms with Crippen LogP contribution in [0.1, 0.15) is 0 Å². The Balaban J connectivity index is 2.41. The van der Waals surface area contributed by atoms with E-state index in [0.717, 1.165) is 16.6 Å². The van der Waals surface area contributed by atoms with Crippen molar-refractivity contribution in [2.24, 2.45) is 5.92 Å². The Hall–Kier alpha value is 0.540. The van der Waals surface area contributed by atoms with Crippen LogP contribution in [0.25, 0.3) is 0 Å². The molecule has 1 saturated heterocycles. The molecule has 0 spiro atoms. The number of rotatable bonds is 4. The predicted molar refractivity (Wildman–Crippen MR) is 58.4 cm³/mol. The standard InChI is InChI=1S/C8H16O4S2/c9-1-6(10)8(12)7(11)5-2-13-4-14-3-5/h5-12H,1-4H2. The molecular formula is C8H16O4S2. The van der Waals surface area contributed by atoms with Gasteiger partial charge in [0.05, 0.1) is 12.7 Å². The summed E-state index contributed by atoms with van der Waals surface area (Å²) in [4.78, 5) is 0. The zero-order valence-electron chi connectivity index (χ0n) is 7.74. The van der Waals surface area contributed by atoms with Crippen molar-refractivity contribution in [3.63, 3.8) is 0 Å². The van der Waals surface area contributed by atoms with Crippen LogP contribution in [-0.4, -0.2) is 61.9 Å². The Morgan fingerprint density at radius 2 is 1.71 bits per heavy atom. The maximum Gasteiger partial charge on any atom is 0.108 e. The van der Waals surface area contributed by atoms with Crippen molar-refractivity contribution >= 4 is 23.5 Å². The smallest absolute Gasteiger partial charge is 0.108 e. The van der Waals surface area contributed by atoms with Crippen LogP contribution in [-0.2, 0) is 0 Å². The highest BCUT2D eigenvalue weighted by molar-refractivity contribution is 8.16. The molecular weight excluding hydrogens is 224 g/mol. The predicted octanol–water partition coefficient (Wildman–Crippen LogP) is -0.885. The molecule has 0 aromatic carbocycles. The van der Waals surface area contributed by atoms with E-state index in [0.29, 0.717) is 0 Å². The van der Waals surface area contributed by atoms with Gasteiger partial charge in [-0.05, 0) is 0 Å². The molecule has 4 nitrogen and oxygen atoms in total. The third-order valence-corrected chi connectivity index (χ3v) is 4.91. The molecule has 3 atom stereocenters. The van der Waals surface area contributed by atoms with Gasteiger partial charge in [0.25, 0.3) is 0 Å². The van der Waals surface area contributed by atoms with Gasteiger partial charge in [-0.1, -0.05) is 0 Å². The van der Waals surface area contributed by atoms with Crippen LogP contribution >= 0.6 is 23.5 Å². The van der Waals surface area contributed by atoms with Gasteiger partial charge in [0.15, 0.2) is 0 Å². The van der Waals surface area contributed by atoms with Crippen LogP contribution < -0.4 is 0 Å². The maximum atomic E-state index is 9.70. The second-order valence-corrected chi connectivity index (χ2v) is 5.78. The van der Waals surface area contributed by atoms with Crippen molar-refractivity contribution < 1.29 is 20.4 Å². The lowest BCUT2D eigenvalue weighted by molar-refractivity contribution is -0.0887. The topological polar surface area (TPSA) is 80.9 Å². The van der Waals surface area contributed by atoms with E-state index in [4.69, 9.17) is 10.2 Å². The van der Waals surface area contributed by atoms with E-state index in [9.17, 15) is 10.2 Å². The van der Waals surface area contributed by atoms with Gasteiger partial charge in [0.2, 0.25) is 0 Å². The number of hydrogen-bond acceptors (Lipinski definition) is 6. The van der Waals surface area contributed by atoms with E-state index in [2.05, 4.69) is 0 Å². The first kappa shape index (κ1) is 12.6. The van der Waals surface area contributed by atoms with Gasteiger partial charge >= 0.3 is 0 Å². The minimum atomic E-state index is -1.25. The highest BCUT2D eigenvalue weighted by atomic mass is 32.2. The lowest BCUT2D eigenvalue weighted by atomic mass is 9.98. The van der Waals surface area contributed by atoms with Gasteiger partial charge in [-0.2, -0.15) is 23.5 Å². The zero-order chi connectivity index (χ0) is 10.6. The highest BCUT2D eigenvalue weighted by Crippen LogP contribution is 2.29. The summed E-state index contributed by atoms with van der Waals surface area (Å²) < 4.78 is 0. The summed E-state index contributed by atoms with van der Waals surface area (Å²) in [6.07, 6.45) is -3.44. The minimum Gasteiger partial charge on any atom is -0.394 e. The Kier molecular flexibility index (Phi) is 5.58. The lowest BCUT2D eigenvalue weighted by Crippen LogP contribution is -2.45. The summed E-state index contributed by atoms with van der Waals surface area (Å²) in [5.41, 5.74) is 0. The van der Waals surface area contributed by atoms with E-state index < -0.39 is 24.9 Å². The van der Waals surface area contributed by atoms with E-state index >= 15 is 0 Å². The first-order valence-electron chi connectivity index (χ1n) is 4.47. The average molecular weight is 240 g/mol. The normalized spacial score (nSPS) is 25.7. The van der Waals surface area contributed by atoms with Crippen LogP contribution in [0.2, 0.25) is 0 Å². The van der Waals surface area contributed by atoms with Crippen molar-refractivity contribution in [3.8, 4) is 0 Å². The van der Waals surface area contributed by atoms with Crippen LogP contribution in [0.4, 0.5) is 0 Å². The van der Waals surface area contributed by atoms with Gasteiger partial charge < -0.3 is 20.4 Å². The molecule has 1 fully saturated rings. The van der Waals surface area contributed by atoms with E-state index in [1.54, 1.807) is 23.5 Å². The molecule has 1 aliphatic rings. The molecule has 1 heterocycles. The molecule has 3 unspecified atom stereocenters. The molecule has 1 rings (SSSR count). The molecule has 1 aliphatic heterocycles. The number of aliphatic hydroxyl groups is 4. The number of hydrogen-bond donors (Lipinski definition) is 4. The third-order valence-electron chi connectivity index (χ3n) is 2.24. The first-order valence-corrected chi connectivity index (χ1v) is 6.78. The molecule has 0 aromatic rings. The van der Waals surface area contributed by atoms with Gasteiger partial charge in [-0.15, -0.1) is 0 Å². The summed E-state index contributed by atoms with van der Waals surface area (Å²) in [6, 6.07) is 0. The molecule has 0 amide bonds. The summed E-state index contributed by atoms with van der Waals surface area (Å²) in [5.74, 6) is 1.59. The number of thioether (sulfide) groups is 2. The quantitative estimate of drug-likeness (QED) is 0.511. The van der Waals surface area contributed by atoms with Crippen molar-refractivity contribution in [2.75, 3.05) is 23.2 Å². The average Bonchev–Trinajstić information content (AvgIpc) is 2.27. The summed E-state index contributed by atoms with van der Waals surface area (Å²) >= 11 is 3.43. The molecule has 0 saturated carbocycles. The third kappa shape index (κ3) is 3.29. The lowest BCUT2D eigenvalue weighted by Gasteiger charge is -2.30. The van der Waals surface area contributed by atoms with Crippen molar-refractivity contribution in [2.45, 2.75) is 18.3 Å². The van der Waals surface area contributed by atoms with Crippen molar-refractivity contribution in [3.05, 3.63) is 0 Å². The molecule has 0 radical (unpaired) electrons. The second kappa shape index (κ2) is 6.19. The fraction of sp³-hybridized carbons (Fsp3) is 1.00. The largest absolute Gasteiger partial charge is 0.394 e. The summed E-state index contributed by atoms with van der Waals surface area (Å²) in [7, 11) is 0. The van der Waals surface area contributed by atoms with Gasteiger partial charge in [-0.3, -0.25) is 0 Å². The second-order valence-electron chi connectivity index (χ2n) is 3.35. The monoisotopic (exact) mass is 240 g/mol.